The maximum absolute atomic E-state index is 13.0. The average molecular weight is 322 g/mol. The third-order valence-corrected chi connectivity index (χ3v) is 4.94. The second kappa shape index (κ2) is 5.28. The molecule has 0 N–H and O–H groups in total. The molecule has 0 atom stereocenters. The average Bonchev–Trinajstić information content (AvgIpc) is 3.18. The molecule has 2 fully saturated rings. The SMILES string of the molecule is O=C(N(CCBr)C1CCC1)C1(c2ccccc2)CC1. The molecule has 2 nitrogen and oxygen atoms in total. The highest BCUT2D eigenvalue weighted by molar-refractivity contribution is 9.09. The molecule has 19 heavy (non-hydrogen) atoms. The van der Waals surface area contributed by atoms with Crippen molar-refractivity contribution in [1.29, 1.82) is 0 Å². The molecule has 0 aliphatic heterocycles. The van der Waals surface area contributed by atoms with Gasteiger partial charge in [0, 0.05) is 17.9 Å². The molecule has 0 aromatic heterocycles. The van der Waals surface area contributed by atoms with E-state index < -0.39 is 0 Å². The Morgan fingerprint density at radius 1 is 1.26 bits per heavy atom. The predicted molar refractivity (Wildman–Crippen MR) is 80.5 cm³/mol. The van der Waals surface area contributed by atoms with E-state index in [0.29, 0.717) is 11.9 Å². The molecule has 1 aromatic carbocycles. The number of benzene rings is 1. The van der Waals surface area contributed by atoms with Crippen LogP contribution in [0.2, 0.25) is 0 Å². The molecule has 102 valence electrons. The molecule has 0 bridgehead atoms. The van der Waals surface area contributed by atoms with Crippen LogP contribution in [0.3, 0.4) is 0 Å². The maximum Gasteiger partial charge on any atom is 0.233 e. The van der Waals surface area contributed by atoms with E-state index in [1.54, 1.807) is 0 Å². The maximum atomic E-state index is 13.0. The normalized spacial score (nSPS) is 20.7. The molecular formula is C16H20BrNO. The van der Waals surface area contributed by atoms with E-state index >= 15 is 0 Å². The molecular weight excluding hydrogens is 302 g/mol. The molecule has 0 unspecified atom stereocenters. The number of alkyl halides is 1. The standard InChI is InChI=1S/C16H20BrNO/c17-11-12-18(14-7-4-8-14)15(19)16(9-10-16)13-5-2-1-3-6-13/h1-3,5-6,14H,4,7-12H2. The highest BCUT2D eigenvalue weighted by Gasteiger charge is 2.53. The van der Waals surface area contributed by atoms with Crippen LogP contribution in [0.1, 0.15) is 37.7 Å². The first kappa shape index (κ1) is 13.2. The molecule has 3 rings (SSSR count). The Balaban J connectivity index is 1.81. The first-order chi connectivity index (χ1) is 9.28. The van der Waals surface area contributed by atoms with Crippen molar-refractivity contribution >= 4 is 21.8 Å². The fourth-order valence-corrected chi connectivity index (χ4v) is 3.40. The molecule has 3 heteroatoms. The first-order valence-electron chi connectivity index (χ1n) is 7.20. The third kappa shape index (κ3) is 2.33. The van der Waals surface area contributed by atoms with Crippen molar-refractivity contribution in [3.63, 3.8) is 0 Å². The van der Waals surface area contributed by atoms with E-state index in [9.17, 15) is 4.79 Å². The number of halogens is 1. The number of carbonyl (C=O) groups excluding carboxylic acids is 1. The molecule has 0 saturated heterocycles. The Bertz CT molecular complexity index is 451. The van der Waals surface area contributed by atoms with Gasteiger partial charge in [-0.1, -0.05) is 46.3 Å². The van der Waals surface area contributed by atoms with Crippen LogP contribution in [0.5, 0.6) is 0 Å². The summed E-state index contributed by atoms with van der Waals surface area (Å²) in [6.45, 7) is 0.845. The van der Waals surface area contributed by atoms with Gasteiger partial charge in [0.05, 0.1) is 5.41 Å². The fraction of sp³-hybridized carbons (Fsp3) is 0.562. The summed E-state index contributed by atoms with van der Waals surface area (Å²) in [6.07, 6.45) is 5.67. The van der Waals surface area contributed by atoms with E-state index in [-0.39, 0.29) is 5.41 Å². The molecule has 0 spiro atoms. The molecule has 1 amide bonds. The highest BCUT2D eigenvalue weighted by Crippen LogP contribution is 2.50. The first-order valence-corrected chi connectivity index (χ1v) is 8.33. The summed E-state index contributed by atoms with van der Waals surface area (Å²) in [7, 11) is 0. The summed E-state index contributed by atoms with van der Waals surface area (Å²) < 4.78 is 0. The van der Waals surface area contributed by atoms with Crippen molar-refractivity contribution in [2.24, 2.45) is 0 Å². The molecule has 2 aliphatic rings. The summed E-state index contributed by atoms with van der Waals surface area (Å²) in [5.41, 5.74) is 1.01. The zero-order valence-electron chi connectivity index (χ0n) is 11.1. The van der Waals surface area contributed by atoms with E-state index in [1.807, 2.05) is 18.2 Å². The predicted octanol–water partition coefficient (Wildman–Crippen LogP) is 3.49. The van der Waals surface area contributed by atoms with E-state index in [4.69, 9.17) is 0 Å². The zero-order valence-corrected chi connectivity index (χ0v) is 12.7. The Kier molecular flexibility index (Phi) is 3.66. The van der Waals surface area contributed by atoms with E-state index in [1.165, 1.54) is 24.8 Å². The quantitative estimate of drug-likeness (QED) is 0.760. The van der Waals surface area contributed by atoms with Gasteiger partial charge in [-0.25, -0.2) is 0 Å². The summed E-state index contributed by atoms with van der Waals surface area (Å²) in [5.74, 6) is 0.364. The largest absolute Gasteiger partial charge is 0.338 e. The Morgan fingerprint density at radius 2 is 1.95 bits per heavy atom. The van der Waals surface area contributed by atoms with E-state index in [2.05, 4.69) is 33.0 Å². The van der Waals surface area contributed by atoms with Crippen LogP contribution in [-0.4, -0.2) is 28.7 Å². The van der Waals surface area contributed by atoms with Crippen LogP contribution in [0.15, 0.2) is 30.3 Å². The number of nitrogens with zero attached hydrogens (tertiary/aromatic N) is 1. The lowest BCUT2D eigenvalue weighted by Gasteiger charge is -2.39. The minimum Gasteiger partial charge on any atom is -0.338 e. The smallest absolute Gasteiger partial charge is 0.233 e. The van der Waals surface area contributed by atoms with Crippen molar-refractivity contribution in [3.8, 4) is 0 Å². The number of hydrogen-bond donors (Lipinski definition) is 0. The second-order valence-corrected chi connectivity index (χ2v) is 6.51. The summed E-state index contributed by atoms with van der Waals surface area (Å²) in [5, 5.41) is 0.875. The van der Waals surface area contributed by atoms with Crippen molar-refractivity contribution in [3.05, 3.63) is 35.9 Å². The van der Waals surface area contributed by atoms with Crippen molar-refractivity contribution in [2.45, 2.75) is 43.6 Å². The van der Waals surface area contributed by atoms with Gasteiger partial charge < -0.3 is 4.90 Å². The molecule has 0 radical (unpaired) electrons. The second-order valence-electron chi connectivity index (χ2n) is 5.72. The van der Waals surface area contributed by atoms with Crippen LogP contribution in [-0.2, 0) is 10.2 Å². The number of carbonyl (C=O) groups is 1. The van der Waals surface area contributed by atoms with Crippen LogP contribution in [0, 0.1) is 0 Å². The van der Waals surface area contributed by atoms with Gasteiger partial charge in [-0.3, -0.25) is 4.79 Å². The molecule has 2 saturated carbocycles. The summed E-state index contributed by atoms with van der Waals surface area (Å²) in [4.78, 5) is 15.1. The summed E-state index contributed by atoms with van der Waals surface area (Å²) in [6, 6.07) is 10.8. The lowest BCUT2D eigenvalue weighted by Crippen LogP contribution is -2.49. The lowest BCUT2D eigenvalue weighted by molar-refractivity contribution is -0.137. The van der Waals surface area contributed by atoms with Gasteiger partial charge >= 0.3 is 0 Å². The van der Waals surface area contributed by atoms with Gasteiger partial charge in [0.25, 0.3) is 0 Å². The highest BCUT2D eigenvalue weighted by atomic mass is 79.9. The van der Waals surface area contributed by atoms with Gasteiger partial charge in [-0.05, 0) is 37.7 Å². The summed E-state index contributed by atoms with van der Waals surface area (Å²) >= 11 is 3.49. The van der Waals surface area contributed by atoms with Crippen molar-refractivity contribution in [1.82, 2.24) is 4.90 Å². The number of hydrogen-bond acceptors (Lipinski definition) is 1. The van der Waals surface area contributed by atoms with Crippen LogP contribution in [0.4, 0.5) is 0 Å². The van der Waals surface area contributed by atoms with Crippen molar-refractivity contribution in [2.75, 3.05) is 11.9 Å². The fourth-order valence-electron chi connectivity index (χ4n) is 3.02. The van der Waals surface area contributed by atoms with Gasteiger partial charge in [0.2, 0.25) is 5.91 Å². The minimum atomic E-state index is -0.195. The Morgan fingerprint density at radius 3 is 2.42 bits per heavy atom. The van der Waals surface area contributed by atoms with Gasteiger partial charge in [-0.15, -0.1) is 0 Å². The van der Waals surface area contributed by atoms with Gasteiger partial charge in [-0.2, -0.15) is 0 Å². The van der Waals surface area contributed by atoms with Crippen LogP contribution < -0.4 is 0 Å². The van der Waals surface area contributed by atoms with Crippen molar-refractivity contribution < 1.29 is 4.79 Å². The zero-order chi connectivity index (χ0) is 13.3. The molecule has 0 heterocycles. The number of amides is 1. The Labute approximate surface area is 123 Å². The Hall–Kier alpha value is -0.830. The molecule has 1 aromatic rings. The van der Waals surface area contributed by atoms with Gasteiger partial charge in [0.15, 0.2) is 0 Å². The lowest BCUT2D eigenvalue weighted by atomic mass is 9.88. The monoisotopic (exact) mass is 321 g/mol. The van der Waals surface area contributed by atoms with Crippen LogP contribution >= 0.6 is 15.9 Å². The minimum absolute atomic E-state index is 0.195. The topological polar surface area (TPSA) is 20.3 Å². The third-order valence-electron chi connectivity index (χ3n) is 4.59. The van der Waals surface area contributed by atoms with Crippen LogP contribution in [0.25, 0.3) is 0 Å². The molecule has 2 aliphatic carbocycles. The van der Waals surface area contributed by atoms with Gasteiger partial charge in [0.1, 0.15) is 0 Å². The van der Waals surface area contributed by atoms with E-state index in [0.717, 1.165) is 24.7 Å². The number of rotatable bonds is 5.